The van der Waals surface area contributed by atoms with Crippen molar-refractivity contribution in [3.8, 4) is 5.75 Å². The highest BCUT2D eigenvalue weighted by atomic mass is 32.2. The number of ether oxygens (including phenoxy) is 1. The zero-order chi connectivity index (χ0) is 18.5. The predicted octanol–water partition coefficient (Wildman–Crippen LogP) is 2.22. The first kappa shape index (κ1) is 18.2. The van der Waals surface area contributed by atoms with Crippen LogP contribution in [0.3, 0.4) is 0 Å². The van der Waals surface area contributed by atoms with Crippen molar-refractivity contribution < 1.29 is 19.4 Å². The lowest BCUT2D eigenvalue weighted by Gasteiger charge is -2.14. The van der Waals surface area contributed by atoms with Gasteiger partial charge in [0.15, 0.2) is 0 Å². The Kier molecular flexibility index (Phi) is 5.70. The molecule has 0 spiro atoms. The van der Waals surface area contributed by atoms with Crippen LogP contribution in [0.2, 0.25) is 0 Å². The van der Waals surface area contributed by atoms with Crippen molar-refractivity contribution in [1.82, 2.24) is 4.90 Å². The lowest BCUT2D eigenvalue weighted by atomic mass is 10.1. The van der Waals surface area contributed by atoms with E-state index in [1.54, 1.807) is 6.08 Å². The molecule has 0 saturated carbocycles. The van der Waals surface area contributed by atoms with Gasteiger partial charge < -0.3 is 14.6 Å². The summed E-state index contributed by atoms with van der Waals surface area (Å²) in [5.74, 6) is -1.17. The van der Waals surface area contributed by atoms with E-state index in [2.05, 4.69) is 0 Å². The number of thiocarbonyl (C=S) groups is 1. The molecular weight excluding hydrogens is 370 g/mol. The van der Waals surface area contributed by atoms with E-state index in [-0.39, 0.29) is 4.32 Å². The molecule has 3 rings (SSSR count). The number of nitrogens with zero attached hydrogens (tertiary/aromatic N) is 1. The number of hydrogen-bond acceptors (Lipinski definition) is 6. The third-order valence-electron chi connectivity index (χ3n) is 3.60. The third-order valence-corrected chi connectivity index (χ3v) is 4.98. The number of thioether (sulfide) groups is 1. The average molecular weight is 384 g/mol. The van der Waals surface area contributed by atoms with Gasteiger partial charge in [0.05, 0.1) is 17.4 Å². The Morgan fingerprint density at radius 3 is 2.58 bits per heavy atom. The summed E-state index contributed by atoms with van der Waals surface area (Å²) < 4.78 is 6.07. The molecule has 1 saturated heterocycles. The number of carbonyl (C=O) groups excluding carboxylic acids is 2. The minimum Gasteiger partial charge on any atom is -0.548 e. The zero-order valence-corrected chi connectivity index (χ0v) is 15.2. The van der Waals surface area contributed by atoms with Crippen molar-refractivity contribution in [2.24, 2.45) is 0 Å². The molecule has 0 aromatic heterocycles. The molecule has 2 aromatic rings. The highest BCUT2D eigenvalue weighted by Gasteiger charge is 2.32. The van der Waals surface area contributed by atoms with E-state index in [0.29, 0.717) is 17.3 Å². The predicted molar refractivity (Wildman–Crippen MR) is 102 cm³/mol. The molecule has 2 aromatic carbocycles. The summed E-state index contributed by atoms with van der Waals surface area (Å²) in [7, 11) is 0. The van der Waals surface area contributed by atoms with Gasteiger partial charge in [0.2, 0.25) is 0 Å². The van der Waals surface area contributed by atoms with E-state index in [0.717, 1.165) is 27.8 Å². The summed E-state index contributed by atoms with van der Waals surface area (Å²) in [5.41, 5.74) is 1.75. The van der Waals surface area contributed by atoms with Crippen molar-refractivity contribution in [3.05, 3.63) is 70.6 Å². The van der Waals surface area contributed by atoms with Gasteiger partial charge in [0.25, 0.3) is 5.91 Å². The van der Waals surface area contributed by atoms with E-state index in [9.17, 15) is 14.7 Å². The molecule has 1 heterocycles. The molecule has 0 aliphatic carbocycles. The first-order valence-electron chi connectivity index (χ1n) is 7.75. The van der Waals surface area contributed by atoms with Crippen molar-refractivity contribution in [3.63, 3.8) is 0 Å². The number of para-hydroxylation sites is 1. The smallest absolute Gasteiger partial charge is 0.266 e. The molecule has 0 radical (unpaired) electrons. The van der Waals surface area contributed by atoms with Crippen LogP contribution in [-0.2, 0) is 16.2 Å². The molecule has 1 aliphatic rings. The van der Waals surface area contributed by atoms with Gasteiger partial charge in [-0.15, -0.1) is 0 Å². The second kappa shape index (κ2) is 8.16. The van der Waals surface area contributed by atoms with Gasteiger partial charge in [-0.25, -0.2) is 0 Å². The van der Waals surface area contributed by atoms with Crippen LogP contribution < -0.4 is 9.84 Å². The number of rotatable bonds is 6. The SMILES string of the molecule is O=C([O-])CN1C(=O)C(=Cc2ccccc2OCc2ccccc2)SC1=S. The average Bonchev–Trinajstić information content (AvgIpc) is 2.89. The van der Waals surface area contributed by atoms with Crippen LogP contribution >= 0.6 is 24.0 Å². The van der Waals surface area contributed by atoms with Crippen LogP contribution in [0.15, 0.2) is 59.5 Å². The number of carboxylic acid groups (broad SMARTS) is 1. The normalized spacial score (nSPS) is 15.5. The molecule has 1 amide bonds. The Labute approximate surface area is 160 Å². The molecule has 0 atom stereocenters. The van der Waals surface area contributed by atoms with E-state index in [4.69, 9.17) is 17.0 Å². The number of benzene rings is 2. The summed E-state index contributed by atoms with van der Waals surface area (Å²) in [6.45, 7) is -0.147. The molecule has 0 bridgehead atoms. The lowest BCUT2D eigenvalue weighted by Crippen LogP contribution is -2.40. The molecular formula is C19H14NO4S2-. The Bertz CT molecular complexity index is 880. The summed E-state index contributed by atoms with van der Waals surface area (Å²) in [6.07, 6.45) is 1.66. The fraction of sp³-hybridized carbons (Fsp3) is 0.105. The number of carbonyl (C=O) groups is 2. The first-order chi connectivity index (χ1) is 12.5. The van der Waals surface area contributed by atoms with Gasteiger partial charge in [0, 0.05) is 5.56 Å². The molecule has 1 fully saturated rings. The molecule has 1 aliphatic heterocycles. The summed E-state index contributed by atoms with van der Waals surface area (Å²) in [4.78, 5) is 24.5. The Morgan fingerprint density at radius 2 is 1.85 bits per heavy atom. The second-order valence-electron chi connectivity index (χ2n) is 5.45. The van der Waals surface area contributed by atoms with Gasteiger partial charge in [-0.2, -0.15) is 0 Å². The fourth-order valence-electron chi connectivity index (χ4n) is 2.37. The maximum atomic E-state index is 12.4. The largest absolute Gasteiger partial charge is 0.548 e. The molecule has 7 heteroatoms. The third kappa shape index (κ3) is 4.30. The van der Waals surface area contributed by atoms with Crippen LogP contribution in [0.25, 0.3) is 6.08 Å². The van der Waals surface area contributed by atoms with Crippen LogP contribution in [0.4, 0.5) is 0 Å². The Balaban J connectivity index is 1.79. The number of carboxylic acids is 1. The topological polar surface area (TPSA) is 69.7 Å². The molecule has 5 nitrogen and oxygen atoms in total. The standard InChI is InChI=1S/C19H15NO4S2/c21-17(22)11-20-18(23)16(26-19(20)25)10-14-8-4-5-9-15(14)24-12-13-6-2-1-3-7-13/h1-10H,11-12H2,(H,21,22)/p-1. The quantitative estimate of drug-likeness (QED) is 0.562. The lowest BCUT2D eigenvalue weighted by molar-refractivity contribution is -0.305. The number of aliphatic carboxylic acids is 1. The summed E-state index contributed by atoms with van der Waals surface area (Å²) >= 11 is 6.15. The van der Waals surface area contributed by atoms with Crippen LogP contribution in [0, 0.1) is 0 Å². The Hall–Kier alpha value is -2.64. The molecule has 132 valence electrons. The second-order valence-corrected chi connectivity index (χ2v) is 7.13. The van der Waals surface area contributed by atoms with Gasteiger partial charge in [-0.3, -0.25) is 9.69 Å². The van der Waals surface area contributed by atoms with Gasteiger partial charge in [-0.1, -0.05) is 72.5 Å². The Morgan fingerprint density at radius 1 is 1.15 bits per heavy atom. The van der Waals surface area contributed by atoms with E-state index in [1.807, 2.05) is 54.6 Å². The minimum absolute atomic E-state index is 0.202. The van der Waals surface area contributed by atoms with Crippen molar-refractivity contribution in [2.75, 3.05) is 6.54 Å². The summed E-state index contributed by atoms with van der Waals surface area (Å²) in [5, 5.41) is 10.8. The van der Waals surface area contributed by atoms with Crippen LogP contribution in [-0.4, -0.2) is 27.6 Å². The monoisotopic (exact) mass is 384 g/mol. The van der Waals surface area contributed by atoms with E-state index < -0.39 is 18.4 Å². The fourth-order valence-corrected chi connectivity index (χ4v) is 3.62. The van der Waals surface area contributed by atoms with Crippen molar-refractivity contribution in [2.45, 2.75) is 6.61 Å². The van der Waals surface area contributed by atoms with Gasteiger partial charge >= 0.3 is 0 Å². The maximum Gasteiger partial charge on any atom is 0.266 e. The van der Waals surface area contributed by atoms with Crippen LogP contribution in [0.5, 0.6) is 5.75 Å². The highest BCUT2D eigenvalue weighted by Crippen LogP contribution is 2.34. The van der Waals surface area contributed by atoms with E-state index >= 15 is 0 Å². The first-order valence-corrected chi connectivity index (χ1v) is 8.98. The zero-order valence-electron chi connectivity index (χ0n) is 13.6. The molecule has 0 N–H and O–H groups in total. The van der Waals surface area contributed by atoms with Gasteiger partial charge in [-0.05, 0) is 17.7 Å². The van der Waals surface area contributed by atoms with E-state index in [1.165, 1.54) is 0 Å². The van der Waals surface area contributed by atoms with Crippen LogP contribution in [0.1, 0.15) is 11.1 Å². The molecule has 0 unspecified atom stereocenters. The molecule has 26 heavy (non-hydrogen) atoms. The van der Waals surface area contributed by atoms with Gasteiger partial charge in [0.1, 0.15) is 16.7 Å². The van der Waals surface area contributed by atoms with Crippen molar-refractivity contribution >= 4 is 46.3 Å². The maximum absolute atomic E-state index is 12.4. The number of amides is 1. The highest BCUT2D eigenvalue weighted by molar-refractivity contribution is 8.26. The minimum atomic E-state index is -1.35. The number of hydrogen-bond donors (Lipinski definition) is 0. The summed E-state index contributed by atoms with van der Waals surface area (Å²) in [6, 6.07) is 17.1. The van der Waals surface area contributed by atoms with Crippen molar-refractivity contribution in [1.29, 1.82) is 0 Å².